The quantitative estimate of drug-likeness (QED) is 0.659. The number of fused-ring (bicyclic) bond motifs is 1. The first-order valence-corrected chi connectivity index (χ1v) is 6.91. The van der Waals surface area contributed by atoms with Crippen LogP contribution in [0.25, 0.3) is 5.65 Å². The van der Waals surface area contributed by atoms with Gasteiger partial charge in [-0.1, -0.05) is 17.7 Å². The third-order valence-corrected chi connectivity index (χ3v) is 3.60. The average Bonchev–Trinajstić information content (AvgIpc) is 2.79. The minimum Gasteiger partial charge on any atom is -0.436 e. The molecule has 100 valence electrons. The number of hydrogen-bond acceptors (Lipinski definition) is 3. The zero-order valence-corrected chi connectivity index (χ0v) is 12.4. The Morgan fingerprint density at radius 3 is 2.90 bits per heavy atom. The second-order valence-corrected chi connectivity index (χ2v) is 5.32. The third kappa shape index (κ3) is 2.30. The second-order valence-electron chi connectivity index (χ2n) is 4.03. The lowest BCUT2D eigenvalue weighted by molar-refractivity contribution is 0.111. The van der Waals surface area contributed by atoms with Gasteiger partial charge in [-0.25, -0.2) is 0 Å². The van der Waals surface area contributed by atoms with Crippen molar-refractivity contribution in [3.8, 4) is 11.6 Å². The summed E-state index contributed by atoms with van der Waals surface area (Å²) < 4.78 is 8.07. The third-order valence-electron chi connectivity index (χ3n) is 2.75. The van der Waals surface area contributed by atoms with Crippen LogP contribution in [-0.4, -0.2) is 15.7 Å². The van der Waals surface area contributed by atoms with E-state index < -0.39 is 0 Å². The van der Waals surface area contributed by atoms with Gasteiger partial charge in [0, 0.05) is 11.2 Å². The number of ether oxygens (including phenoxy) is 1. The van der Waals surface area contributed by atoms with Crippen molar-refractivity contribution in [1.29, 1.82) is 0 Å². The zero-order valence-electron chi connectivity index (χ0n) is 10.1. The molecule has 0 atom stereocenters. The van der Waals surface area contributed by atoms with Gasteiger partial charge in [-0.05, 0) is 46.3 Å². The molecule has 0 aliphatic rings. The van der Waals surface area contributed by atoms with Gasteiger partial charge < -0.3 is 4.74 Å². The van der Waals surface area contributed by atoms with Gasteiger partial charge in [-0.2, -0.15) is 4.98 Å². The predicted molar refractivity (Wildman–Crippen MR) is 79.8 cm³/mol. The summed E-state index contributed by atoms with van der Waals surface area (Å²) in [5.74, 6) is 0.801. The number of aromatic nitrogens is 2. The first-order chi connectivity index (χ1) is 9.69. The molecular formula is C14H8BrClN2O2. The second kappa shape index (κ2) is 5.26. The van der Waals surface area contributed by atoms with Crippen LogP contribution < -0.4 is 4.74 Å². The SMILES string of the molecule is O=Cc1c(Oc2ccc(Cl)cc2Br)nc2ccccn12. The monoisotopic (exact) mass is 350 g/mol. The molecule has 0 spiro atoms. The number of carbonyl (C=O) groups is 1. The first kappa shape index (κ1) is 13.1. The Morgan fingerprint density at radius 1 is 1.30 bits per heavy atom. The van der Waals surface area contributed by atoms with E-state index in [0.717, 1.165) is 6.29 Å². The van der Waals surface area contributed by atoms with Crippen molar-refractivity contribution < 1.29 is 9.53 Å². The highest BCUT2D eigenvalue weighted by molar-refractivity contribution is 9.10. The van der Waals surface area contributed by atoms with Crippen molar-refractivity contribution in [1.82, 2.24) is 9.38 Å². The number of rotatable bonds is 3. The fraction of sp³-hybridized carbons (Fsp3) is 0. The van der Waals surface area contributed by atoms with E-state index in [9.17, 15) is 4.79 Å². The maximum atomic E-state index is 11.3. The summed E-state index contributed by atoms with van der Waals surface area (Å²) in [6.07, 6.45) is 2.48. The summed E-state index contributed by atoms with van der Waals surface area (Å²) in [4.78, 5) is 15.6. The van der Waals surface area contributed by atoms with E-state index in [-0.39, 0.29) is 5.88 Å². The smallest absolute Gasteiger partial charge is 0.249 e. The minimum absolute atomic E-state index is 0.259. The van der Waals surface area contributed by atoms with Crippen molar-refractivity contribution in [3.05, 3.63) is 57.8 Å². The number of imidazole rings is 1. The largest absolute Gasteiger partial charge is 0.436 e. The van der Waals surface area contributed by atoms with E-state index in [4.69, 9.17) is 16.3 Å². The van der Waals surface area contributed by atoms with Crippen LogP contribution in [-0.2, 0) is 0 Å². The molecule has 0 aliphatic carbocycles. The number of nitrogens with zero attached hydrogens (tertiary/aromatic N) is 2. The van der Waals surface area contributed by atoms with Crippen molar-refractivity contribution in [2.45, 2.75) is 0 Å². The van der Waals surface area contributed by atoms with Gasteiger partial charge in [0.1, 0.15) is 11.4 Å². The molecule has 0 saturated carbocycles. The van der Waals surface area contributed by atoms with Crippen molar-refractivity contribution >= 4 is 39.5 Å². The average molecular weight is 352 g/mol. The molecule has 0 radical (unpaired) electrons. The summed E-state index contributed by atoms with van der Waals surface area (Å²) in [6, 6.07) is 10.6. The fourth-order valence-electron chi connectivity index (χ4n) is 1.84. The van der Waals surface area contributed by atoms with Crippen LogP contribution in [0.2, 0.25) is 5.02 Å². The topological polar surface area (TPSA) is 43.6 Å². The molecule has 0 fully saturated rings. The van der Waals surface area contributed by atoms with E-state index in [1.807, 2.05) is 12.1 Å². The fourth-order valence-corrected chi connectivity index (χ4v) is 2.60. The Labute approximate surface area is 128 Å². The normalized spacial score (nSPS) is 10.7. The Balaban J connectivity index is 2.08. The van der Waals surface area contributed by atoms with Gasteiger partial charge in [0.2, 0.25) is 5.88 Å². The Morgan fingerprint density at radius 2 is 2.15 bits per heavy atom. The predicted octanol–water partition coefficient (Wildman–Crippen LogP) is 4.36. The van der Waals surface area contributed by atoms with E-state index in [2.05, 4.69) is 20.9 Å². The van der Waals surface area contributed by atoms with Crippen LogP contribution in [0.1, 0.15) is 10.5 Å². The molecule has 2 heterocycles. The standard InChI is InChI=1S/C14H8BrClN2O2/c15-10-7-9(16)4-5-12(10)20-14-11(8-19)18-6-2-1-3-13(18)17-14/h1-8H. The molecule has 3 aromatic rings. The van der Waals surface area contributed by atoms with Crippen molar-refractivity contribution in [3.63, 3.8) is 0 Å². The van der Waals surface area contributed by atoms with E-state index in [1.54, 1.807) is 34.9 Å². The number of pyridine rings is 1. The summed E-state index contributed by atoms with van der Waals surface area (Å²) >= 11 is 9.24. The van der Waals surface area contributed by atoms with Crippen LogP contribution in [0.15, 0.2) is 47.1 Å². The molecule has 3 rings (SSSR count). The maximum absolute atomic E-state index is 11.3. The maximum Gasteiger partial charge on any atom is 0.249 e. The highest BCUT2D eigenvalue weighted by atomic mass is 79.9. The van der Waals surface area contributed by atoms with Crippen LogP contribution in [0.5, 0.6) is 11.6 Å². The molecule has 0 amide bonds. The molecular weight excluding hydrogens is 344 g/mol. The van der Waals surface area contributed by atoms with Gasteiger partial charge in [-0.15, -0.1) is 0 Å². The number of carbonyl (C=O) groups excluding carboxylic acids is 1. The molecule has 0 N–H and O–H groups in total. The van der Waals surface area contributed by atoms with Gasteiger partial charge in [0.05, 0.1) is 4.47 Å². The number of benzene rings is 1. The van der Waals surface area contributed by atoms with E-state index >= 15 is 0 Å². The number of aldehydes is 1. The van der Waals surface area contributed by atoms with Crippen molar-refractivity contribution in [2.75, 3.05) is 0 Å². The van der Waals surface area contributed by atoms with E-state index in [1.165, 1.54) is 0 Å². The van der Waals surface area contributed by atoms with Crippen LogP contribution in [0, 0.1) is 0 Å². The molecule has 0 unspecified atom stereocenters. The van der Waals surface area contributed by atoms with Gasteiger partial charge in [0.25, 0.3) is 0 Å². The molecule has 0 bridgehead atoms. The molecule has 0 saturated heterocycles. The molecule has 0 aliphatic heterocycles. The lowest BCUT2D eigenvalue weighted by atomic mass is 10.3. The summed E-state index contributed by atoms with van der Waals surface area (Å²) in [6.45, 7) is 0. The molecule has 1 aromatic carbocycles. The Kier molecular flexibility index (Phi) is 3.46. The minimum atomic E-state index is 0.259. The van der Waals surface area contributed by atoms with Crippen LogP contribution in [0.4, 0.5) is 0 Å². The molecule has 4 nitrogen and oxygen atoms in total. The van der Waals surface area contributed by atoms with Gasteiger partial charge >= 0.3 is 0 Å². The number of halogens is 2. The zero-order chi connectivity index (χ0) is 14.1. The lowest BCUT2D eigenvalue weighted by Gasteiger charge is -2.05. The number of hydrogen-bond donors (Lipinski definition) is 0. The summed E-state index contributed by atoms with van der Waals surface area (Å²) in [5.41, 5.74) is 1.01. The highest BCUT2D eigenvalue weighted by Gasteiger charge is 2.14. The first-order valence-electron chi connectivity index (χ1n) is 5.74. The molecule has 2 aromatic heterocycles. The van der Waals surface area contributed by atoms with Crippen molar-refractivity contribution in [2.24, 2.45) is 0 Å². The lowest BCUT2D eigenvalue weighted by Crippen LogP contribution is -1.93. The summed E-state index contributed by atoms with van der Waals surface area (Å²) in [7, 11) is 0. The molecule has 20 heavy (non-hydrogen) atoms. The van der Waals surface area contributed by atoms with Crippen LogP contribution >= 0.6 is 27.5 Å². The van der Waals surface area contributed by atoms with Crippen LogP contribution in [0.3, 0.4) is 0 Å². The van der Waals surface area contributed by atoms with Gasteiger partial charge in [-0.3, -0.25) is 9.20 Å². The Hall–Kier alpha value is -1.85. The summed E-state index contributed by atoms with van der Waals surface area (Å²) in [5, 5.41) is 0.592. The van der Waals surface area contributed by atoms with E-state index in [0.29, 0.717) is 26.6 Å². The Bertz CT molecular complexity index is 801. The highest BCUT2D eigenvalue weighted by Crippen LogP contribution is 2.32. The molecule has 6 heteroatoms. The van der Waals surface area contributed by atoms with Gasteiger partial charge in [0.15, 0.2) is 12.0 Å².